The summed E-state index contributed by atoms with van der Waals surface area (Å²) in [7, 11) is 3.99. The van der Waals surface area contributed by atoms with Crippen LogP contribution in [0.25, 0.3) is 0 Å². The summed E-state index contributed by atoms with van der Waals surface area (Å²) in [5.74, 6) is 0.357. The normalized spacial score (nSPS) is 9.80. The zero-order valence-corrected chi connectivity index (χ0v) is 8.47. The summed E-state index contributed by atoms with van der Waals surface area (Å²) in [5, 5.41) is 0. The van der Waals surface area contributed by atoms with E-state index in [9.17, 15) is 0 Å². The number of hydrogen-bond acceptors (Lipinski definition) is 7. The molecule has 0 aliphatic rings. The maximum absolute atomic E-state index is 4.79. The average Bonchev–Trinajstić information content (AvgIpc) is 2.23. The third-order valence-corrected chi connectivity index (χ3v) is 1.28. The maximum Gasteiger partial charge on any atom is 0.261 e. The zero-order chi connectivity index (χ0) is 11.1. The predicted octanol–water partition coefficient (Wildman–Crippen LogP) is 0.702. The van der Waals surface area contributed by atoms with Gasteiger partial charge in [0, 0.05) is 0 Å². The molecule has 83 valence electrons. The molecule has 0 atom stereocenters. The zero-order valence-electron chi connectivity index (χ0n) is 8.47. The molecule has 1 rings (SSSR count). The molecule has 0 saturated carbocycles. The van der Waals surface area contributed by atoms with Gasteiger partial charge in [0.15, 0.2) is 0 Å². The minimum Gasteiger partial charge on any atom is -0.332 e. The van der Waals surface area contributed by atoms with E-state index < -0.39 is 0 Å². The largest absolute Gasteiger partial charge is 0.332 e. The Kier molecular flexibility index (Phi) is 4.61. The number of rotatable bonds is 6. The number of hydrogen-bond donors (Lipinski definition) is 0. The van der Waals surface area contributed by atoms with Crippen molar-refractivity contribution in [2.45, 2.75) is 0 Å². The lowest BCUT2D eigenvalue weighted by molar-refractivity contribution is -0.214. The lowest BCUT2D eigenvalue weighted by Gasteiger charge is -2.09. The van der Waals surface area contributed by atoms with Crippen LogP contribution in [0.3, 0.4) is 0 Å². The quantitative estimate of drug-likeness (QED) is 0.512. The highest BCUT2D eigenvalue weighted by atomic mass is 17.2. The van der Waals surface area contributed by atoms with Gasteiger partial charge in [0.05, 0.1) is 27.5 Å². The van der Waals surface area contributed by atoms with Crippen molar-refractivity contribution >= 4 is 0 Å². The Hall–Kier alpha value is -1.57. The van der Waals surface area contributed by atoms with Crippen LogP contribution in [-0.2, 0) is 14.7 Å². The second kappa shape index (κ2) is 6.02. The van der Waals surface area contributed by atoms with Gasteiger partial charge in [0.1, 0.15) is 6.20 Å². The Morgan fingerprint density at radius 3 is 2.27 bits per heavy atom. The highest BCUT2D eigenvalue weighted by Crippen LogP contribution is 2.35. The summed E-state index contributed by atoms with van der Waals surface area (Å²) in [5.41, 5.74) is 0. The van der Waals surface area contributed by atoms with E-state index in [1.165, 1.54) is 27.5 Å². The third-order valence-electron chi connectivity index (χ3n) is 1.28. The highest BCUT2D eigenvalue weighted by Gasteiger charge is 2.17. The first kappa shape index (κ1) is 11.5. The van der Waals surface area contributed by atoms with Crippen molar-refractivity contribution in [2.24, 2.45) is 0 Å². The van der Waals surface area contributed by atoms with E-state index in [0.29, 0.717) is 0 Å². The van der Waals surface area contributed by atoms with Gasteiger partial charge in [-0.05, 0) is 0 Å². The number of nitrogens with zero attached hydrogens (tertiary/aromatic N) is 1. The monoisotopic (exact) mass is 216 g/mol. The Labute approximate surface area is 86.2 Å². The molecular weight excluding hydrogens is 206 g/mol. The van der Waals surface area contributed by atoms with Gasteiger partial charge in [0.2, 0.25) is 11.5 Å². The SMILES string of the molecule is COOc1[c]ncc(OOC)c1OOC. The van der Waals surface area contributed by atoms with Gasteiger partial charge < -0.3 is 14.7 Å². The first-order chi connectivity index (χ1) is 7.33. The molecule has 1 aromatic heterocycles. The van der Waals surface area contributed by atoms with Gasteiger partial charge in [-0.2, -0.15) is 14.7 Å². The van der Waals surface area contributed by atoms with E-state index in [1.54, 1.807) is 0 Å². The Bertz CT molecular complexity index is 281. The van der Waals surface area contributed by atoms with Crippen LogP contribution < -0.4 is 14.7 Å². The van der Waals surface area contributed by atoms with Crippen molar-refractivity contribution in [3.05, 3.63) is 12.4 Å². The van der Waals surface area contributed by atoms with Crippen molar-refractivity contribution in [2.75, 3.05) is 21.3 Å². The van der Waals surface area contributed by atoms with Crippen molar-refractivity contribution in [1.82, 2.24) is 4.98 Å². The molecule has 0 bridgehead atoms. The number of pyridine rings is 1. The minimum absolute atomic E-state index is 0.0777. The summed E-state index contributed by atoms with van der Waals surface area (Å²) >= 11 is 0. The molecule has 1 radical (unpaired) electrons. The van der Waals surface area contributed by atoms with Crippen LogP contribution in [-0.4, -0.2) is 26.3 Å². The molecule has 15 heavy (non-hydrogen) atoms. The lowest BCUT2D eigenvalue weighted by Crippen LogP contribution is -2.02. The van der Waals surface area contributed by atoms with Crippen LogP contribution in [0.15, 0.2) is 6.20 Å². The van der Waals surface area contributed by atoms with Crippen LogP contribution in [0.5, 0.6) is 17.2 Å². The van der Waals surface area contributed by atoms with Gasteiger partial charge in [-0.3, -0.25) is 0 Å². The second-order valence-corrected chi connectivity index (χ2v) is 2.14. The first-order valence-corrected chi connectivity index (χ1v) is 3.86. The average molecular weight is 216 g/mol. The summed E-state index contributed by atoms with van der Waals surface area (Å²) in [6, 6.07) is 0. The minimum atomic E-state index is 0.0777. The fraction of sp³-hybridized carbons (Fsp3) is 0.375. The summed E-state index contributed by atoms with van der Waals surface area (Å²) < 4.78 is 0. The molecule has 0 N–H and O–H groups in total. The first-order valence-electron chi connectivity index (χ1n) is 3.86. The second-order valence-electron chi connectivity index (χ2n) is 2.14. The smallest absolute Gasteiger partial charge is 0.261 e. The summed E-state index contributed by atoms with van der Waals surface area (Å²) in [6.07, 6.45) is 3.80. The highest BCUT2D eigenvalue weighted by molar-refractivity contribution is 5.47. The van der Waals surface area contributed by atoms with Crippen molar-refractivity contribution < 1.29 is 29.3 Å². The van der Waals surface area contributed by atoms with Crippen molar-refractivity contribution in [1.29, 1.82) is 0 Å². The third kappa shape index (κ3) is 2.94. The Morgan fingerprint density at radius 1 is 1.00 bits per heavy atom. The molecule has 0 fully saturated rings. The summed E-state index contributed by atoms with van der Waals surface area (Å²) in [4.78, 5) is 31.3. The van der Waals surface area contributed by atoms with Crippen LogP contribution in [0, 0.1) is 6.20 Å². The molecule has 0 saturated heterocycles. The van der Waals surface area contributed by atoms with Gasteiger partial charge in [0.25, 0.3) is 5.75 Å². The van der Waals surface area contributed by atoms with Crippen LogP contribution in [0.4, 0.5) is 0 Å². The number of aromatic nitrogens is 1. The van der Waals surface area contributed by atoms with Crippen LogP contribution in [0.2, 0.25) is 0 Å². The molecule has 0 aromatic carbocycles. The van der Waals surface area contributed by atoms with Gasteiger partial charge in [-0.15, -0.1) is 0 Å². The van der Waals surface area contributed by atoms with E-state index in [-0.39, 0.29) is 17.2 Å². The Morgan fingerprint density at radius 2 is 1.67 bits per heavy atom. The fourth-order valence-corrected chi connectivity index (χ4v) is 0.822. The van der Waals surface area contributed by atoms with E-state index in [1.807, 2.05) is 0 Å². The summed E-state index contributed by atoms with van der Waals surface area (Å²) in [6.45, 7) is 0. The van der Waals surface area contributed by atoms with Crippen molar-refractivity contribution in [3.8, 4) is 17.2 Å². The molecule has 1 heterocycles. The Balaban J connectivity index is 2.97. The molecule has 0 unspecified atom stereocenters. The van der Waals surface area contributed by atoms with E-state index >= 15 is 0 Å². The molecule has 7 nitrogen and oxygen atoms in total. The van der Waals surface area contributed by atoms with Crippen LogP contribution in [0.1, 0.15) is 0 Å². The molecular formula is C8H10NO6. The molecule has 0 spiro atoms. The molecule has 7 heteroatoms. The van der Waals surface area contributed by atoms with Gasteiger partial charge in [-0.1, -0.05) is 0 Å². The van der Waals surface area contributed by atoms with Crippen molar-refractivity contribution in [3.63, 3.8) is 0 Å². The van der Waals surface area contributed by atoms with Gasteiger partial charge in [-0.25, -0.2) is 4.98 Å². The molecule has 0 aliphatic heterocycles. The molecule has 1 aromatic rings. The van der Waals surface area contributed by atoms with E-state index in [0.717, 1.165) is 0 Å². The van der Waals surface area contributed by atoms with Gasteiger partial charge >= 0.3 is 0 Å². The molecule has 0 amide bonds. The standard InChI is InChI=1S/C8H10NO6/c1-10-13-6-4-9-5-7(14-11-2)8(6)15-12-3/h4H,1-3H3. The fourth-order valence-electron chi connectivity index (χ4n) is 0.822. The van der Waals surface area contributed by atoms with E-state index in [2.05, 4.69) is 25.8 Å². The molecule has 0 aliphatic carbocycles. The lowest BCUT2D eigenvalue weighted by atomic mass is 10.4. The van der Waals surface area contributed by atoms with Crippen LogP contribution >= 0.6 is 0 Å². The topological polar surface area (TPSA) is 68.3 Å². The maximum atomic E-state index is 4.79. The van der Waals surface area contributed by atoms with E-state index in [4.69, 9.17) is 14.7 Å². The predicted molar refractivity (Wildman–Crippen MR) is 46.0 cm³/mol.